The van der Waals surface area contributed by atoms with Gasteiger partial charge in [0.15, 0.2) is 5.34 Å². The molecule has 0 saturated carbocycles. The fraction of sp³-hybridized carbons (Fsp3) is 0. The van der Waals surface area contributed by atoms with Crippen LogP contribution in [0.4, 0.5) is 0 Å². The smallest absolute Gasteiger partial charge is 1.00 e. The van der Waals surface area contributed by atoms with Crippen LogP contribution in [0.1, 0.15) is 2.85 Å². The third kappa shape index (κ3) is 70.1. The Bertz CT molecular complexity index is 23.2. The molecule has 0 fully saturated rings. The summed E-state index contributed by atoms with van der Waals surface area (Å²) in [6, 6.07) is 0. The molecule has 0 heterocycles. The zero-order chi connectivity index (χ0) is 2.71. The largest absolute Gasteiger partial charge is 2.00 e. The molecule has 0 unspecified atom stereocenters. The van der Waals surface area contributed by atoms with E-state index in [-0.39, 0.29) is 43.3 Å². The average molecular weight is 100 g/mol. The first kappa shape index (κ1) is 17.3. The zero-order valence-electron chi connectivity index (χ0n) is 4.59. The Balaban J connectivity index is -0.00000000333. The van der Waals surface area contributed by atoms with Gasteiger partial charge in [0.2, 0.25) is 0 Å². The monoisotopic (exact) mass is 100.0 g/mol. The van der Waals surface area contributed by atoms with E-state index < -0.39 is 0 Å². The van der Waals surface area contributed by atoms with E-state index in [2.05, 4.69) is 0 Å². The Hall–Kier alpha value is 0.699. The molecular formula is H3AlMgNO2. The number of rotatable bonds is 0. The first-order valence-corrected chi connectivity index (χ1v) is 0.383. The van der Waals surface area contributed by atoms with Gasteiger partial charge >= 0.3 is 23.1 Å². The van der Waals surface area contributed by atoms with Crippen LogP contribution in [0.2, 0.25) is 0 Å². The van der Waals surface area contributed by atoms with Crippen LogP contribution in [-0.4, -0.2) is 45.6 Å². The Kier molecular flexibility index (Phi) is 77.0. The summed E-state index contributed by atoms with van der Waals surface area (Å²) in [6.45, 7) is 0. The van der Waals surface area contributed by atoms with Crippen LogP contribution in [0.25, 0.3) is 0 Å². The van der Waals surface area contributed by atoms with Crippen LogP contribution in [0, 0.1) is 4.91 Å². The molecule has 0 amide bonds. The van der Waals surface area contributed by atoms with Gasteiger partial charge in [0.05, 0.1) is 0 Å². The van der Waals surface area contributed by atoms with Crippen molar-refractivity contribution in [3.05, 3.63) is 4.91 Å². The molecule has 25 valence electrons. The molecule has 5 heteroatoms. The minimum Gasteiger partial charge on any atom is -1.00 e. The molecule has 0 aliphatic rings. The van der Waals surface area contributed by atoms with Gasteiger partial charge in [-0.05, 0) is 0 Å². The van der Waals surface area contributed by atoms with Gasteiger partial charge in [-0.3, -0.25) is 0 Å². The second kappa shape index (κ2) is 22.3. The summed E-state index contributed by atoms with van der Waals surface area (Å²) in [5, 5.41) is 7.89. The van der Waals surface area contributed by atoms with Gasteiger partial charge in [-0.15, -0.1) is 4.91 Å². The molecule has 1 N–H and O–H groups in total. The van der Waals surface area contributed by atoms with Gasteiger partial charge in [0.1, 0.15) is 0 Å². The number of hydrogen-bond acceptors (Lipinski definition) is 2. The van der Waals surface area contributed by atoms with Gasteiger partial charge in [0.25, 0.3) is 0 Å². The zero-order valence-corrected chi connectivity index (χ0v) is 5.16. The minimum absolute atomic E-state index is 0. The first-order valence-electron chi connectivity index (χ1n) is 0.383. The van der Waals surface area contributed by atoms with Crippen molar-refractivity contribution in [3.63, 3.8) is 0 Å². The molecule has 0 aliphatic heterocycles. The molecule has 5 heavy (non-hydrogen) atoms. The predicted octanol–water partition coefficient (Wildman–Crippen LogP) is -0.395. The fourth-order valence-corrected chi connectivity index (χ4v) is 0. The van der Waals surface area contributed by atoms with Gasteiger partial charge in [-0.1, -0.05) is 0 Å². The van der Waals surface area contributed by atoms with E-state index in [1.807, 2.05) is 0 Å². The van der Waals surface area contributed by atoms with E-state index in [4.69, 9.17) is 10.1 Å². The molecule has 0 aromatic carbocycles. The number of hydrogen-bond donors (Lipinski definition) is 1. The van der Waals surface area contributed by atoms with Crippen LogP contribution in [0.5, 0.6) is 0 Å². The van der Waals surface area contributed by atoms with Crippen molar-refractivity contribution in [2.24, 2.45) is 5.34 Å². The quantitative estimate of drug-likeness (QED) is 0.256. The summed E-state index contributed by atoms with van der Waals surface area (Å²) in [6.07, 6.45) is 0. The Labute approximate surface area is 58.9 Å². The maximum absolute atomic E-state index is 8.11. The Morgan fingerprint density at radius 1 is 1.80 bits per heavy atom. The molecule has 3 radical (unpaired) electrons. The standard InChI is InChI=1S/Al.Mg.HNO2.2H/c;;2-1-3;;/h;;(H,2,3);;/q;+2;;2*-1. The molecular weight excluding hydrogens is 97.3 g/mol. The van der Waals surface area contributed by atoms with Crippen molar-refractivity contribution in [1.82, 2.24) is 0 Å². The average Bonchev–Trinajstić information content (AvgIpc) is 0.918. The predicted molar refractivity (Wildman–Crippen MR) is 21.3 cm³/mol. The molecule has 0 aromatic heterocycles. The fourth-order valence-electron chi connectivity index (χ4n) is 0. The van der Waals surface area contributed by atoms with Crippen LogP contribution in [0.3, 0.4) is 0 Å². The molecule has 0 saturated heterocycles. The maximum Gasteiger partial charge on any atom is 2.00 e. The second-order valence-corrected chi connectivity index (χ2v) is 0.0816. The summed E-state index contributed by atoms with van der Waals surface area (Å²) in [5.74, 6) is 0. The first-order chi connectivity index (χ1) is 1.41. The van der Waals surface area contributed by atoms with Crippen LogP contribution in [-0.2, 0) is 0 Å². The summed E-state index contributed by atoms with van der Waals surface area (Å²) in [7, 11) is 0. The van der Waals surface area contributed by atoms with Crippen molar-refractivity contribution in [3.8, 4) is 0 Å². The van der Waals surface area contributed by atoms with Gasteiger partial charge < -0.3 is 8.06 Å². The SMILES string of the molecule is O=NO.[Al].[H-].[H-].[Mg+2]. The van der Waals surface area contributed by atoms with Gasteiger partial charge in [-0.2, -0.15) is 0 Å². The van der Waals surface area contributed by atoms with E-state index in [1.54, 1.807) is 0 Å². The normalized spacial score (nSPS) is 2.40. The van der Waals surface area contributed by atoms with Crippen molar-refractivity contribution in [1.29, 1.82) is 0 Å². The molecule has 0 aromatic rings. The molecule has 0 rings (SSSR count). The van der Waals surface area contributed by atoms with Crippen molar-refractivity contribution in [2.45, 2.75) is 0 Å². The Morgan fingerprint density at radius 3 is 1.80 bits per heavy atom. The third-order valence-electron chi connectivity index (χ3n) is 0. The topological polar surface area (TPSA) is 49.7 Å². The van der Waals surface area contributed by atoms with Crippen LogP contribution >= 0.6 is 0 Å². The summed E-state index contributed by atoms with van der Waals surface area (Å²) in [4.78, 5) is 8.11. The van der Waals surface area contributed by atoms with Gasteiger partial charge in [0, 0.05) is 17.4 Å². The van der Waals surface area contributed by atoms with Crippen LogP contribution < -0.4 is 0 Å². The van der Waals surface area contributed by atoms with Gasteiger partial charge in [-0.25, -0.2) is 0 Å². The van der Waals surface area contributed by atoms with E-state index in [0.29, 0.717) is 0 Å². The van der Waals surface area contributed by atoms with E-state index in [9.17, 15) is 0 Å². The minimum atomic E-state index is 0. The maximum atomic E-state index is 8.11. The molecule has 0 spiro atoms. The number of nitrogens with zero attached hydrogens (tertiary/aromatic N) is 1. The molecule has 0 aliphatic carbocycles. The van der Waals surface area contributed by atoms with Crippen molar-refractivity contribution in [2.75, 3.05) is 0 Å². The summed E-state index contributed by atoms with van der Waals surface area (Å²) >= 11 is 0. The summed E-state index contributed by atoms with van der Waals surface area (Å²) in [5.41, 5.74) is 0. The van der Waals surface area contributed by atoms with Crippen molar-refractivity contribution < 1.29 is 8.06 Å². The van der Waals surface area contributed by atoms with E-state index >= 15 is 0 Å². The second-order valence-electron chi connectivity index (χ2n) is 0.0816. The van der Waals surface area contributed by atoms with E-state index in [0.717, 1.165) is 0 Å². The molecule has 0 atom stereocenters. The van der Waals surface area contributed by atoms with Crippen LogP contribution in [0.15, 0.2) is 5.34 Å². The Morgan fingerprint density at radius 2 is 1.80 bits per heavy atom. The molecule has 3 nitrogen and oxygen atoms in total. The van der Waals surface area contributed by atoms with E-state index in [1.165, 1.54) is 5.34 Å². The third-order valence-corrected chi connectivity index (χ3v) is 0. The summed E-state index contributed by atoms with van der Waals surface area (Å²) < 4.78 is 0. The van der Waals surface area contributed by atoms with Crippen molar-refractivity contribution >= 4 is 40.4 Å². The molecule has 0 bridgehead atoms.